The maximum atomic E-state index is 13.2. The Bertz CT molecular complexity index is 695. The van der Waals surface area contributed by atoms with Crippen LogP contribution in [0.15, 0.2) is 24.3 Å². The highest BCUT2D eigenvalue weighted by molar-refractivity contribution is 6.30. The number of aryl methyl sites for hydroxylation is 1. The van der Waals surface area contributed by atoms with E-state index in [-0.39, 0.29) is 24.7 Å². The molecule has 0 aliphatic carbocycles. The van der Waals surface area contributed by atoms with Crippen LogP contribution in [-0.2, 0) is 22.7 Å². The third-order valence-corrected chi connectivity index (χ3v) is 3.44. The van der Waals surface area contributed by atoms with E-state index in [9.17, 15) is 13.2 Å². The SMILES string of the molecule is Cn1nc(C(F)(F)F)c(C2OCCO2)c1Oc1ccc(Cl)cc1. The standard InChI is InChI=1S/C14H12ClF3N2O3/c1-20-12(23-9-4-2-8(15)3-5-9)10(13-21-6-7-22-13)11(19-20)14(16,17)18/h2-5,13H,6-7H2,1H3. The van der Waals surface area contributed by atoms with E-state index >= 15 is 0 Å². The molecule has 0 amide bonds. The van der Waals surface area contributed by atoms with Crippen molar-refractivity contribution in [2.45, 2.75) is 12.5 Å². The zero-order valence-corrected chi connectivity index (χ0v) is 12.7. The summed E-state index contributed by atoms with van der Waals surface area (Å²) in [4.78, 5) is 0. The zero-order valence-electron chi connectivity index (χ0n) is 11.9. The maximum Gasteiger partial charge on any atom is 0.435 e. The van der Waals surface area contributed by atoms with E-state index in [1.807, 2.05) is 0 Å². The highest BCUT2D eigenvalue weighted by Gasteiger charge is 2.43. The molecule has 0 atom stereocenters. The monoisotopic (exact) mass is 348 g/mol. The van der Waals surface area contributed by atoms with E-state index < -0.39 is 18.2 Å². The van der Waals surface area contributed by atoms with Crippen LogP contribution in [0.2, 0.25) is 5.02 Å². The molecule has 0 radical (unpaired) electrons. The number of alkyl halides is 3. The lowest BCUT2D eigenvalue weighted by atomic mass is 10.2. The largest absolute Gasteiger partial charge is 0.439 e. The summed E-state index contributed by atoms with van der Waals surface area (Å²) in [6.07, 6.45) is -5.81. The van der Waals surface area contributed by atoms with E-state index in [2.05, 4.69) is 5.10 Å². The van der Waals surface area contributed by atoms with Crippen LogP contribution in [0.25, 0.3) is 0 Å². The van der Waals surface area contributed by atoms with Crippen LogP contribution in [0.4, 0.5) is 13.2 Å². The van der Waals surface area contributed by atoms with Gasteiger partial charge >= 0.3 is 6.18 Å². The molecule has 0 bridgehead atoms. The van der Waals surface area contributed by atoms with Gasteiger partial charge in [0, 0.05) is 12.1 Å². The quantitative estimate of drug-likeness (QED) is 0.843. The topological polar surface area (TPSA) is 45.5 Å². The van der Waals surface area contributed by atoms with Crippen molar-refractivity contribution in [3.8, 4) is 11.6 Å². The number of hydrogen-bond donors (Lipinski definition) is 0. The lowest BCUT2D eigenvalue weighted by Crippen LogP contribution is -2.12. The van der Waals surface area contributed by atoms with Crippen LogP contribution in [0.3, 0.4) is 0 Å². The predicted octanol–water partition coefficient (Wildman–Crippen LogP) is 3.93. The Labute approximate surface area is 134 Å². The van der Waals surface area contributed by atoms with Gasteiger partial charge < -0.3 is 14.2 Å². The lowest BCUT2D eigenvalue weighted by molar-refractivity contribution is -0.146. The number of rotatable bonds is 3. The number of nitrogens with zero attached hydrogens (tertiary/aromatic N) is 2. The second-order valence-electron chi connectivity index (χ2n) is 4.82. The first-order valence-corrected chi connectivity index (χ1v) is 7.05. The maximum absolute atomic E-state index is 13.2. The Morgan fingerprint density at radius 3 is 2.39 bits per heavy atom. The van der Waals surface area contributed by atoms with Gasteiger partial charge in [0.1, 0.15) is 11.3 Å². The molecule has 5 nitrogen and oxygen atoms in total. The molecule has 1 aromatic carbocycles. The van der Waals surface area contributed by atoms with Crippen molar-refractivity contribution in [2.24, 2.45) is 7.05 Å². The highest BCUT2D eigenvalue weighted by Crippen LogP contribution is 2.42. The summed E-state index contributed by atoms with van der Waals surface area (Å²) in [5, 5.41) is 4.01. The minimum atomic E-state index is -4.65. The average molecular weight is 349 g/mol. The first kappa shape index (κ1) is 16.1. The van der Waals surface area contributed by atoms with Gasteiger partial charge in [-0.2, -0.15) is 18.3 Å². The van der Waals surface area contributed by atoms with Crippen molar-refractivity contribution in [1.82, 2.24) is 9.78 Å². The molecule has 3 rings (SSSR count). The van der Waals surface area contributed by atoms with Crippen molar-refractivity contribution >= 4 is 11.6 Å². The van der Waals surface area contributed by atoms with Gasteiger partial charge in [-0.3, -0.25) is 0 Å². The molecule has 9 heteroatoms. The molecule has 1 fully saturated rings. The second-order valence-corrected chi connectivity index (χ2v) is 5.25. The van der Waals surface area contributed by atoms with Gasteiger partial charge in [0.2, 0.25) is 5.88 Å². The zero-order chi connectivity index (χ0) is 16.6. The van der Waals surface area contributed by atoms with Gasteiger partial charge in [0.25, 0.3) is 0 Å². The molecule has 0 unspecified atom stereocenters. The molecule has 0 saturated carbocycles. The molecule has 0 N–H and O–H groups in total. The van der Waals surface area contributed by atoms with Gasteiger partial charge in [-0.25, -0.2) is 4.68 Å². The number of halogens is 4. The first-order chi connectivity index (χ1) is 10.9. The molecule has 124 valence electrons. The Morgan fingerprint density at radius 2 is 1.83 bits per heavy atom. The second kappa shape index (κ2) is 6.03. The fourth-order valence-electron chi connectivity index (χ4n) is 2.21. The number of benzene rings is 1. The van der Waals surface area contributed by atoms with Crippen molar-refractivity contribution < 1.29 is 27.4 Å². The molecule has 2 aromatic rings. The number of hydrogen-bond acceptors (Lipinski definition) is 4. The summed E-state index contributed by atoms with van der Waals surface area (Å²) in [6.45, 7) is 0.411. The van der Waals surface area contributed by atoms with E-state index in [0.717, 1.165) is 4.68 Å². The number of ether oxygens (including phenoxy) is 3. The van der Waals surface area contributed by atoms with Crippen molar-refractivity contribution in [3.05, 3.63) is 40.5 Å². The smallest absolute Gasteiger partial charge is 0.435 e. The van der Waals surface area contributed by atoms with Crippen LogP contribution < -0.4 is 4.74 Å². The summed E-state index contributed by atoms with van der Waals surface area (Å²) in [6, 6.07) is 6.23. The molecule has 23 heavy (non-hydrogen) atoms. The molecule has 1 aromatic heterocycles. The van der Waals surface area contributed by atoms with Gasteiger partial charge in [-0.15, -0.1) is 0 Å². The summed E-state index contributed by atoms with van der Waals surface area (Å²) < 4.78 is 56.7. The van der Waals surface area contributed by atoms with E-state index in [4.69, 9.17) is 25.8 Å². The van der Waals surface area contributed by atoms with Gasteiger partial charge in [-0.1, -0.05) is 11.6 Å². The Balaban J connectivity index is 2.04. The van der Waals surface area contributed by atoms with Gasteiger partial charge in [0.05, 0.1) is 13.2 Å². The highest BCUT2D eigenvalue weighted by atomic mass is 35.5. The van der Waals surface area contributed by atoms with E-state index in [1.54, 1.807) is 24.3 Å². The summed E-state index contributed by atoms with van der Waals surface area (Å²) in [7, 11) is 1.36. The molecule has 1 aliphatic heterocycles. The fourth-order valence-corrected chi connectivity index (χ4v) is 2.33. The average Bonchev–Trinajstić information content (AvgIpc) is 3.09. The fraction of sp³-hybridized carbons (Fsp3) is 0.357. The van der Waals surface area contributed by atoms with Crippen LogP contribution in [0.5, 0.6) is 11.6 Å². The Kier molecular flexibility index (Phi) is 4.22. The van der Waals surface area contributed by atoms with Crippen LogP contribution >= 0.6 is 11.6 Å². The van der Waals surface area contributed by atoms with Crippen molar-refractivity contribution in [1.29, 1.82) is 0 Å². The normalized spacial score (nSPS) is 16.0. The molecule has 2 heterocycles. The minimum absolute atomic E-state index is 0.0912. The third-order valence-electron chi connectivity index (χ3n) is 3.18. The molecule has 1 saturated heterocycles. The molecule has 0 spiro atoms. The van der Waals surface area contributed by atoms with Crippen molar-refractivity contribution in [3.63, 3.8) is 0 Å². The summed E-state index contributed by atoms with van der Waals surface area (Å²) >= 11 is 5.78. The predicted molar refractivity (Wildman–Crippen MR) is 74.4 cm³/mol. The van der Waals surface area contributed by atoms with Crippen molar-refractivity contribution in [2.75, 3.05) is 13.2 Å². The van der Waals surface area contributed by atoms with Crippen LogP contribution in [0.1, 0.15) is 17.5 Å². The van der Waals surface area contributed by atoms with E-state index in [1.165, 1.54) is 7.05 Å². The minimum Gasteiger partial charge on any atom is -0.439 e. The molecular formula is C14H12ClF3N2O3. The lowest BCUT2D eigenvalue weighted by Gasteiger charge is -2.14. The first-order valence-electron chi connectivity index (χ1n) is 6.67. The Morgan fingerprint density at radius 1 is 1.22 bits per heavy atom. The summed E-state index contributed by atoms with van der Waals surface area (Å²) in [5.74, 6) is 0.233. The van der Waals surface area contributed by atoms with Gasteiger partial charge in [-0.05, 0) is 24.3 Å². The number of aromatic nitrogens is 2. The molecule has 1 aliphatic rings. The molecular weight excluding hydrogens is 337 g/mol. The Hall–Kier alpha value is -1.77. The van der Waals surface area contributed by atoms with Crippen LogP contribution in [-0.4, -0.2) is 23.0 Å². The van der Waals surface area contributed by atoms with Gasteiger partial charge in [0.15, 0.2) is 12.0 Å². The summed E-state index contributed by atoms with van der Waals surface area (Å²) in [5.41, 5.74) is -1.36. The van der Waals surface area contributed by atoms with E-state index in [0.29, 0.717) is 10.8 Å². The van der Waals surface area contributed by atoms with Crippen LogP contribution in [0, 0.1) is 0 Å². The third kappa shape index (κ3) is 3.29.